The predicted molar refractivity (Wildman–Crippen MR) is 193 cm³/mol. The molecular formula is C33H57N9O9. The number of rotatable bonds is 23. The van der Waals surface area contributed by atoms with Gasteiger partial charge in [0.25, 0.3) is 10.9 Å². The van der Waals surface area contributed by atoms with Crippen LogP contribution >= 0.6 is 0 Å². The first-order chi connectivity index (χ1) is 24.5. The van der Waals surface area contributed by atoms with Crippen molar-refractivity contribution in [3.05, 3.63) is 20.4 Å². The molecule has 18 heteroatoms. The lowest BCUT2D eigenvalue weighted by atomic mass is 10.1. The Kier molecular flexibility index (Phi) is 20.5. The number of carboxylic acids is 2. The molecular weight excluding hydrogens is 666 g/mol. The average Bonchev–Trinajstić information content (AvgIpc) is 3.08. The maximum atomic E-state index is 13.3. The van der Waals surface area contributed by atoms with E-state index in [-0.39, 0.29) is 50.6 Å². The highest BCUT2D eigenvalue weighted by molar-refractivity contribution is 5.88. The van der Waals surface area contributed by atoms with Gasteiger partial charge in [0, 0.05) is 72.0 Å². The van der Waals surface area contributed by atoms with Crippen molar-refractivity contribution < 1.29 is 34.2 Å². The number of amides is 2. The molecule has 18 nitrogen and oxygen atoms in total. The summed E-state index contributed by atoms with van der Waals surface area (Å²) in [7, 11) is 0. The van der Waals surface area contributed by atoms with Crippen LogP contribution in [0.3, 0.4) is 0 Å². The van der Waals surface area contributed by atoms with Gasteiger partial charge in [-0.2, -0.15) is 0 Å². The third-order valence-electron chi connectivity index (χ3n) is 8.66. The molecule has 1 aromatic carbocycles. The zero-order valence-corrected chi connectivity index (χ0v) is 29.8. The van der Waals surface area contributed by atoms with E-state index < -0.39 is 40.7 Å². The fourth-order valence-electron chi connectivity index (χ4n) is 5.74. The molecule has 0 bridgehead atoms. The van der Waals surface area contributed by atoms with Crippen LogP contribution in [-0.2, 0) is 24.0 Å². The monoisotopic (exact) mass is 723 g/mol. The van der Waals surface area contributed by atoms with Gasteiger partial charge in [0.1, 0.15) is 23.7 Å². The van der Waals surface area contributed by atoms with E-state index >= 15 is 0 Å². The summed E-state index contributed by atoms with van der Waals surface area (Å²) < 4.78 is 0. The number of hydrogen-bond acceptors (Lipinski definition) is 14. The Morgan fingerprint density at radius 1 is 0.725 bits per heavy atom. The highest BCUT2D eigenvalue weighted by atomic mass is 16.4. The smallest absolute Gasteiger partial charge is 0.317 e. The van der Waals surface area contributed by atoms with Crippen LogP contribution in [0.5, 0.6) is 0 Å². The summed E-state index contributed by atoms with van der Waals surface area (Å²) >= 11 is 0. The number of nitrogens with zero attached hydrogens (tertiary/aromatic N) is 4. The highest BCUT2D eigenvalue weighted by Crippen LogP contribution is 2.14. The Hall–Kier alpha value is -3.97. The second-order valence-electron chi connectivity index (χ2n) is 12.7. The number of nitrogens with one attached hydrogen (secondary N) is 4. The van der Waals surface area contributed by atoms with Crippen molar-refractivity contribution in [1.82, 2.24) is 30.2 Å². The van der Waals surface area contributed by atoms with Crippen LogP contribution in [0.15, 0.2) is 9.59 Å². The van der Waals surface area contributed by atoms with Crippen LogP contribution < -0.4 is 37.9 Å². The molecule has 2 amide bonds. The summed E-state index contributed by atoms with van der Waals surface area (Å²) in [6.45, 7) is 5.73. The molecule has 0 radical (unpaired) electrons. The first-order valence-electron chi connectivity index (χ1n) is 17.8. The van der Waals surface area contributed by atoms with Crippen LogP contribution in [0, 0.1) is 0 Å². The van der Waals surface area contributed by atoms with E-state index in [1.807, 2.05) is 9.80 Å². The predicted octanol–water partition coefficient (Wildman–Crippen LogP) is -2.38. The summed E-state index contributed by atoms with van der Waals surface area (Å²) in [6, 6.07) is -0.853. The quantitative estimate of drug-likeness (QED) is 0.0354. The van der Waals surface area contributed by atoms with Crippen LogP contribution in [0.2, 0.25) is 0 Å². The second kappa shape index (κ2) is 24.3. The number of unbranched alkanes of at least 4 members (excludes halogenated alkanes) is 3. The number of nitrogens with two attached hydrogens (primary N) is 1. The van der Waals surface area contributed by atoms with Gasteiger partial charge >= 0.3 is 11.9 Å². The topological polar surface area (TPSA) is 247 Å². The van der Waals surface area contributed by atoms with Crippen molar-refractivity contribution in [2.75, 3.05) is 115 Å². The maximum Gasteiger partial charge on any atom is 0.317 e. The van der Waals surface area contributed by atoms with Crippen LogP contribution in [-0.4, -0.2) is 171 Å². The van der Waals surface area contributed by atoms with E-state index in [1.54, 1.807) is 9.80 Å². The lowest BCUT2D eigenvalue weighted by molar-refractivity contribution is -0.140. The van der Waals surface area contributed by atoms with Gasteiger partial charge < -0.3 is 42.0 Å². The number of anilines is 2. The van der Waals surface area contributed by atoms with Gasteiger partial charge in [-0.25, -0.2) is 0 Å². The van der Waals surface area contributed by atoms with Gasteiger partial charge in [0.2, 0.25) is 11.8 Å². The van der Waals surface area contributed by atoms with Crippen molar-refractivity contribution in [3.8, 4) is 0 Å². The molecule has 1 heterocycles. The van der Waals surface area contributed by atoms with Crippen molar-refractivity contribution in [1.29, 1.82) is 0 Å². The van der Waals surface area contributed by atoms with E-state index in [2.05, 4.69) is 28.2 Å². The van der Waals surface area contributed by atoms with Crippen LogP contribution in [0.4, 0.5) is 11.4 Å². The van der Waals surface area contributed by atoms with Crippen molar-refractivity contribution in [2.24, 2.45) is 5.73 Å². The molecule has 51 heavy (non-hydrogen) atoms. The molecule has 1 unspecified atom stereocenters. The normalized spacial score (nSPS) is 16.4. The van der Waals surface area contributed by atoms with Crippen molar-refractivity contribution in [2.45, 2.75) is 51.5 Å². The van der Waals surface area contributed by atoms with Gasteiger partial charge in [0.15, 0.2) is 0 Å². The molecule has 288 valence electrons. The third-order valence-corrected chi connectivity index (χ3v) is 8.66. The van der Waals surface area contributed by atoms with Crippen molar-refractivity contribution in [3.63, 3.8) is 0 Å². The first-order valence-corrected chi connectivity index (χ1v) is 17.8. The van der Waals surface area contributed by atoms with Gasteiger partial charge in [-0.15, -0.1) is 0 Å². The molecule has 8 N–H and O–H groups in total. The number of carbonyl (C=O) groups excluding carboxylic acids is 3. The lowest BCUT2D eigenvalue weighted by Crippen LogP contribution is -2.52. The van der Waals surface area contributed by atoms with Crippen molar-refractivity contribution >= 4 is 41.4 Å². The summed E-state index contributed by atoms with van der Waals surface area (Å²) in [5.41, 5.74) is 4.95. The molecule has 1 fully saturated rings. The van der Waals surface area contributed by atoms with Gasteiger partial charge in [-0.05, 0) is 32.2 Å². The molecule has 1 saturated heterocycles. The van der Waals surface area contributed by atoms with Crippen LogP contribution in [0.1, 0.15) is 45.4 Å². The summed E-state index contributed by atoms with van der Waals surface area (Å²) in [5, 5.41) is 30.3. The summed E-state index contributed by atoms with van der Waals surface area (Å²) in [6.07, 6.45) is 5.26. The molecule has 0 aromatic heterocycles. The molecule has 1 atom stereocenters. The number of carbonyl (C=O) groups is 5. The second-order valence-corrected chi connectivity index (χ2v) is 12.7. The number of hydrogen-bond donors (Lipinski definition) is 7. The fourth-order valence-corrected chi connectivity index (χ4v) is 5.74. The Morgan fingerprint density at radius 3 is 1.73 bits per heavy atom. The highest BCUT2D eigenvalue weighted by Gasteiger charge is 2.24. The minimum atomic E-state index is -1.03. The van der Waals surface area contributed by atoms with E-state index in [0.29, 0.717) is 84.7 Å². The summed E-state index contributed by atoms with van der Waals surface area (Å²) in [5.74, 6) is -2.85. The number of aldehydes is 1. The standard InChI is InChI=1S/C33H57N9O9/c1-2-3-6-9-35-29-30(32(50)31(29)49)36-10-11-37-33(51)25(7-4-5-8-34)38-26(44)22-40-14-12-39(20-21-43)13-15-41(23-27(45)46)18-19-42(17-16-40)24-28(47)48/h21,25,35-36H,2-20,22-24,34H2,1H3,(H,37,51)(H,38,44)(H,45,46)(H,47,48). The fraction of sp³-hybridized carbons (Fsp3) is 0.727. The zero-order valence-electron chi connectivity index (χ0n) is 29.8. The van der Waals surface area contributed by atoms with Gasteiger partial charge in [0.05, 0.1) is 26.2 Å². The SMILES string of the molecule is CCCCCNc1c(NCCNC(=O)C(CCCCN)NC(=O)CN2CCN(CC=O)CCN(CC(=O)O)CCN(CC(=O)O)CC2)c(=O)c1=O. The molecule has 0 aliphatic carbocycles. The minimum absolute atomic E-state index is 0.0818. The molecule has 2 rings (SSSR count). The third kappa shape index (κ3) is 16.7. The van der Waals surface area contributed by atoms with E-state index in [1.165, 1.54) is 0 Å². The Morgan fingerprint density at radius 2 is 1.24 bits per heavy atom. The Labute approximate surface area is 298 Å². The molecule has 1 aliphatic heterocycles. The molecule has 0 saturated carbocycles. The average molecular weight is 724 g/mol. The molecule has 0 spiro atoms. The lowest BCUT2D eigenvalue weighted by Gasteiger charge is -2.33. The van der Waals surface area contributed by atoms with Gasteiger partial charge in [-0.1, -0.05) is 19.8 Å². The van der Waals surface area contributed by atoms with Crippen LogP contribution in [0.25, 0.3) is 0 Å². The summed E-state index contributed by atoms with van der Waals surface area (Å²) in [4.78, 5) is 92.1. The Bertz CT molecular complexity index is 1320. The molecule has 1 aromatic rings. The number of carboxylic acid groups (broad SMARTS) is 2. The van der Waals surface area contributed by atoms with E-state index in [0.717, 1.165) is 25.5 Å². The van der Waals surface area contributed by atoms with E-state index in [9.17, 15) is 43.8 Å². The van der Waals surface area contributed by atoms with Gasteiger partial charge in [-0.3, -0.25) is 48.4 Å². The first kappa shape index (κ1) is 43.2. The maximum absolute atomic E-state index is 13.3. The zero-order chi connectivity index (χ0) is 37.6. The largest absolute Gasteiger partial charge is 0.480 e. The Balaban J connectivity index is 2.03. The number of aliphatic carboxylic acids is 2. The van der Waals surface area contributed by atoms with E-state index in [4.69, 9.17) is 5.73 Å². The minimum Gasteiger partial charge on any atom is -0.480 e. The molecule has 1 aliphatic rings.